The van der Waals surface area contributed by atoms with Crippen LogP contribution in [-0.2, 0) is 9.53 Å². The number of carbonyl (C=O) groups is 2. The Morgan fingerprint density at radius 1 is 0.943 bits per heavy atom. The van der Waals surface area contributed by atoms with Crippen molar-refractivity contribution in [3.05, 3.63) is 88.8 Å². The molecule has 0 bridgehead atoms. The number of nitriles is 1. The van der Waals surface area contributed by atoms with E-state index in [4.69, 9.17) is 4.74 Å². The summed E-state index contributed by atoms with van der Waals surface area (Å²) in [5, 5.41) is 9.79. The Bertz CT molecular complexity index is 1310. The first-order valence-corrected chi connectivity index (χ1v) is 11.5. The second kappa shape index (κ2) is 10.3. The summed E-state index contributed by atoms with van der Waals surface area (Å²) >= 11 is 0. The van der Waals surface area contributed by atoms with Gasteiger partial charge in [-0.1, -0.05) is 24.3 Å². The number of aryl methyl sites for hydroxylation is 1. The van der Waals surface area contributed by atoms with Crippen LogP contribution in [0.4, 0.5) is 5.69 Å². The molecule has 0 N–H and O–H groups in total. The summed E-state index contributed by atoms with van der Waals surface area (Å²) in [7, 11) is 1.35. The minimum atomic E-state index is -0.404. The molecule has 1 aromatic heterocycles. The zero-order valence-electron chi connectivity index (χ0n) is 20.2. The summed E-state index contributed by atoms with van der Waals surface area (Å²) in [6.45, 7) is 6.45. The molecule has 178 valence electrons. The van der Waals surface area contributed by atoms with Crippen molar-refractivity contribution in [2.45, 2.75) is 13.8 Å². The van der Waals surface area contributed by atoms with E-state index in [0.717, 1.165) is 41.4 Å². The zero-order valence-corrected chi connectivity index (χ0v) is 20.2. The summed E-state index contributed by atoms with van der Waals surface area (Å²) in [5.41, 5.74) is 5.11. The molecule has 3 aromatic rings. The van der Waals surface area contributed by atoms with E-state index in [1.807, 2.05) is 48.7 Å². The second-order valence-corrected chi connectivity index (χ2v) is 8.49. The summed E-state index contributed by atoms with van der Waals surface area (Å²) in [4.78, 5) is 29.1. The average molecular weight is 469 g/mol. The first kappa shape index (κ1) is 23.8. The molecule has 35 heavy (non-hydrogen) atoms. The van der Waals surface area contributed by atoms with Crippen molar-refractivity contribution in [1.82, 2.24) is 9.47 Å². The van der Waals surface area contributed by atoms with Crippen molar-refractivity contribution < 1.29 is 14.3 Å². The number of benzene rings is 2. The van der Waals surface area contributed by atoms with Gasteiger partial charge in [0, 0.05) is 48.9 Å². The lowest BCUT2D eigenvalue weighted by atomic mass is 10.1. The van der Waals surface area contributed by atoms with Crippen LogP contribution in [0.5, 0.6) is 0 Å². The maximum Gasteiger partial charge on any atom is 0.337 e. The SMILES string of the molecule is COC(=O)c1cccc(-n2c(C)cc(/C=C(/C#N)C(=O)N3CCN(c4ccccc4)CC3)c2C)c1. The fourth-order valence-corrected chi connectivity index (χ4v) is 4.50. The zero-order chi connectivity index (χ0) is 24.9. The number of amides is 1. The number of hydrogen-bond donors (Lipinski definition) is 0. The average Bonchev–Trinajstić information content (AvgIpc) is 3.19. The van der Waals surface area contributed by atoms with Crippen LogP contribution in [0.25, 0.3) is 11.8 Å². The van der Waals surface area contributed by atoms with E-state index >= 15 is 0 Å². The van der Waals surface area contributed by atoms with Crippen molar-refractivity contribution in [2.75, 3.05) is 38.2 Å². The normalized spacial score (nSPS) is 13.9. The van der Waals surface area contributed by atoms with E-state index in [1.54, 1.807) is 29.2 Å². The topological polar surface area (TPSA) is 78.6 Å². The summed E-state index contributed by atoms with van der Waals surface area (Å²) in [5.74, 6) is -0.656. The van der Waals surface area contributed by atoms with Gasteiger partial charge in [-0.15, -0.1) is 0 Å². The van der Waals surface area contributed by atoms with Crippen molar-refractivity contribution >= 4 is 23.6 Å². The molecule has 2 aromatic carbocycles. The van der Waals surface area contributed by atoms with Crippen LogP contribution >= 0.6 is 0 Å². The number of para-hydroxylation sites is 1. The summed E-state index contributed by atoms with van der Waals surface area (Å²) in [6.07, 6.45) is 1.66. The van der Waals surface area contributed by atoms with Crippen LogP contribution in [0.2, 0.25) is 0 Å². The number of aromatic nitrogens is 1. The number of piperazine rings is 1. The molecule has 0 spiro atoms. The van der Waals surface area contributed by atoms with Crippen molar-refractivity contribution in [3.8, 4) is 11.8 Å². The highest BCUT2D eigenvalue weighted by Gasteiger charge is 2.24. The lowest BCUT2D eigenvalue weighted by molar-refractivity contribution is -0.126. The lowest BCUT2D eigenvalue weighted by Crippen LogP contribution is -2.49. The fourth-order valence-electron chi connectivity index (χ4n) is 4.50. The molecule has 1 saturated heterocycles. The molecule has 1 fully saturated rings. The van der Waals surface area contributed by atoms with Gasteiger partial charge in [-0.3, -0.25) is 4.79 Å². The molecule has 0 radical (unpaired) electrons. The predicted molar refractivity (Wildman–Crippen MR) is 135 cm³/mol. The molecule has 2 heterocycles. The van der Waals surface area contributed by atoms with Crippen LogP contribution < -0.4 is 4.90 Å². The third kappa shape index (κ3) is 4.97. The van der Waals surface area contributed by atoms with Crippen LogP contribution in [0.15, 0.2) is 66.2 Å². The molecule has 7 heteroatoms. The number of carbonyl (C=O) groups excluding carboxylic acids is 2. The van der Waals surface area contributed by atoms with E-state index in [-0.39, 0.29) is 11.5 Å². The molecule has 0 unspecified atom stereocenters. The van der Waals surface area contributed by atoms with Crippen LogP contribution in [0.3, 0.4) is 0 Å². The standard InChI is InChI=1S/C28H28N4O3/c1-20-16-23(21(2)32(20)26-11-7-8-22(18-26)28(34)35-3)17-24(19-29)27(33)31-14-12-30(13-15-31)25-9-5-4-6-10-25/h4-11,16-18H,12-15H2,1-3H3/b24-17-. The van der Waals surface area contributed by atoms with Crippen LogP contribution in [-0.4, -0.2) is 54.6 Å². The summed E-state index contributed by atoms with van der Waals surface area (Å²) in [6, 6.07) is 21.3. The van der Waals surface area contributed by atoms with Gasteiger partial charge in [0.25, 0.3) is 5.91 Å². The van der Waals surface area contributed by atoms with E-state index in [9.17, 15) is 14.9 Å². The molecule has 7 nitrogen and oxygen atoms in total. The molecular weight excluding hydrogens is 440 g/mol. The smallest absolute Gasteiger partial charge is 0.337 e. The number of ether oxygens (including phenoxy) is 1. The highest BCUT2D eigenvalue weighted by Crippen LogP contribution is 2.24. The van der Waals surface area contributed by atoms with Gasteiger partial charge in [0.15, 0.2) is 0 Å². The van der Waals surface area contributed by atoms with E-state index in [2.05, 4.69) is 23.1 Å². The minimum absolute atomic E-state index is 0.113. The third-order valence-electron chi connectivity index (χ3n) is 6.33. The number of rotatable bonds is 5. The molecule has 1 aliphatic rings. The Morgan fingerprint density at radius 3 is 2.29 bits per heavy atom. The Hall–Kier alpha value is -4.31. The highest BCUT2D eigenvalue weighted by atomic mass is 16.5. The van der Waals surface area contributed by atoms with Gasteiger partial charge < -0.3 is 19.1 Å². The highest BCUT2D eigenvalue weighted by molar-refractivity contribution is 6.02. The molecule has 1 aliphatic heterocycles. The van der Waals surface area contributed by atoms with Gasteiger partial charge in [-0.2, -0.15) is 5.26 Å². The predicted octanol–water partition coefficient (Wildman–Crippen LogP) is 4.14. The number of methoxy groups -OCH3 is 1. The number of nitrogens with zero attached hydrogens (tertiary/aromatic N) is 4. The first-order valence-electron chi connectivity index (χ1n) is 11.5. The van der Waals surface area contributed by atoms with Gasteiger partial charge in [-0.25, -0.2) is 4.79 Å². The van der Waals surface area contributed by atoms with Gasteiger partial charge in [0.1, 0.15) is 11.6 Å². The van der Waals surface area contributed by atoms with Crippen LogP contribution in [0.1, 0.15) is 27.3 Å². The number of hydrogen-bond acceptors (Lipinski definition) is 5. The molecule has 0 saturated carbocycles. The Morgan fingerprint density at radius 2 is 1.63 bits per heavy atom. The van der Waals surface area contributed by atoms with Gasteiger partial charge in [-0.05, 0) is 61.9 Å². The lowest BCUT2D eigenvalue weighted by Gasteiger charge is -2.36. The van der Waals surface area contributed by atoms with Crippen molar-refractivity contribution in [3.63, 3.8) is 0 Å². The minimum Gasteiger partial charge on any atom is -0.465 e. The number of anilines is 1. The quantitative estimate of drug-likeness (QED) is 0.320. The molecular formula is C28H28N4O3. The molecule has 0 atom stereocenters. The maximum absolute atomic E-state index is 13.2. The second-order valence-electron chi connectivity index (χ2n) is 8.49. The maximum atomic E-state index is 13.2. The number of esters is 1. The van der Waals surface area contributed by atoms with E-state index < -0.39 is 5.97 Å². The fraction of sp³-hybridized carbons (Fsp3) is 0.250. The first-order chi connectivity index (χ1) is 16.9. The van der Waals surface area contributed by atoms with Crippen LogP contribution in [0, 0.1) is 25.2 Å². The van der Waals surface area contributed by atoms with E-state index in [1.165, 1.54) is 7.11 Å². The van der Waals surface area contributed by atoms with E-state index in [0.29, 0.717) is 18.7 Å². The molecule has 4 rings (SSSR count). The monoisotopic (exact) mass is 468 g/mol. The third-order valence-corrected chi connectivity index (χ3v) is 6.33. The Labute approximate surface area is 205 Å². The van der Waals surface area contributed by atoms with Crippen molar-refractivity contribution in [2.24, 2.45) is 0 Å². The van der Waals surface area contributed by atoms with Gasteiger partial charge in [0.2, 0.25) is 0 Å². The van der Waals surface area contributed by atoms with Crippen molar-refractivity contribution in [1.29, 1.82) is 5.26 Å². The van der Waals surface area contributed by atoms with Gasteiger partial charge >= 0.3 is 5.97 Å². The Kier molecular flexibility index (Phi) is 7.02. The summed E-state index contributed by atoms with van der Waals surface area (Å²) < 4.78 is 6.83. The van der Waals surface area contributed by atoms with Gasteiger partial charge in [0.05, 0.1) is 12.7 Å². The molecule has 0 aliphatic carbocycles. The molecule has 1 amide bonds. The largest absolute Gasteiger partial charge is 0.465 e. The Balaban J connectivity index is 1.55.